The van der Waals surface area contributed by atoms with Crippen molar-refractivity contribution >= 4 is 5.97 Å². The summed E-state index contributed by atoms with van der Waals surface area (Å²) >= 11 is 0. The average Bonchev–Trinajstić information content (AvgIpc) is 2.23. The van der Waals surface area contributed by atoms with E-state index in [1.165, 1.54) is 13.8 Å². The highest BCUT2D eigenvalue weighted by molar-refractivity contribution is 5.79. The largest absolute Gasteiger partial charge is 0.508 e. The fraction of sp³-hybridized carbons (Fsp3) is 0.417. The number of aromatic hydroxyl groups is 1. The number of carbonyl (C=O) groups is 1. The minimum atomic E-state index is -1.53. The fourth-order valence-corrected chi connectivity index (χ4v) is 1.25. The van der Waals surface area contributed by atoms with E-state index in [4.69, 9.17) is 14.6 Å². The molecule has 100 valence electrons. The molecule has 0 saturated heterocycles. The number of hydrogen-bond donors (Lipinski definition) is 1. The van der Waals surface area contributed by atoms with Crippen LogP contribution in [0, 0.1) is 11.6 Å². The molecule has 0 aliphatic heterocycles. The molecule has 0 aliphatic rings. The van der Waals surface area contributed by atoms with E-state index in [2.05, 4.69) is 0 Å². The molecule has 0 bridgehead atoms. The van der Waals surface area contributed by atoms with Gasteiger partial charge in [0.2, 0.25) is 0 Å². The molecule has 0 unspecified atom stereocenters. The van der Waals surface area contributed by atoms with E-state index in [0.717, 1.165) is 0 Å². The number of hydrogen-bond acceptors (Lipinski definition) is 4. The van der Waals surface area contributed by atoms with Gasteiger partial charge >= 0.3 is 5.97 Å². The van der Waals surface area contributed by atoms with Crippen molar-refractivity contribution in [1.82, 2.24) is 0 Å². The summed E-state index contributed by atoms with van der Waals surface area (Å²) in [4.78, 5) is 11.5. The van der Waals surface area contributed by atoms with Gasteiger partial charge in [0, 0.05) is 12.1 Å². The van der Waals surface area contributed by atoms with Crippen LogP contribution >= 0.6 is 0 Å². The van der Waals surface area contributed by atoms with Gasteiger partial charge < -0.3 is 14.6 Å². The lowest BCUT2D eigenvalue weighted by molar-refractivity contribution is -0.159. The van der Waals surface area contributed by atoms with Crippen LogP contribution in [0.15, 0.2) is 12.1 Å². The minimum Gasteiger partial charge on any atom is -0.508 e. The Morgan fingerprint density at radius 3 is 2.28 bits per heavy atom. The topological polar surface area (TPSA) is 55.8 Å². The van der Waals surface area contributed by atoms with Gasteiger partial charge in [-0.2, -0.15) is 0 Å². The van der Waals surface area contributed by atoms with Gasteiger partial charge in [-0.05, 0) is 20.8 Å². The van der Waals surface area contributed by atoms with Gasteiger partial charge in [-0.3, -0.25) is 0 Å². The fourth-order valence-electron chi connectivity index (χ4n) is 1.25. The monoisotopic (exact) mass is 260 g/mol. The standard InChI is InChI=1S/C12H14F2O4/c1-4-17-11(16)12(2,3)18-10-8(13)5-7(15)6-9(10)14/h5-6,15H,4H2,1-3H3. The Morgan fingerprint density at radius 2 is 1.83 bits per heavy atom. The molecule has 0 atom stereocenters. The van der Waals surface area contributed by atoms with E-state index in [0.29, 0.717) is 12.1 Å². The van der Waals surface area contributed by atoms with Gasteiger partial charge in [-0.15, -0.1) is 0 Å². The van der Waals surface area contributed by atoms with E-state index < -0.39 is 34.7 Å². The van der Waals surface area contributed by atoms with Gasteiger partial charge in [-0.25, -0.2) is 13.6 Å². The van der Waals surface area contributed by atoms with Gasteiger partial charge in [0.1, 0.15) is 5.75 Å². The Balaban J connectivity index is 3.00. The number of carbonyl (C=O) groups excluding carboxylic acids is 1. The van der Waals surface area contributed by atoms with E-state index in [-0.39, 0.29) is 6.61 Å². The molecule has 1 N–H and O–H groups in total. The zero-order valence-electron chi connectivity index (χ0n) is 10.3. The summed E-state index contributed by atoms with van der Waals surface area (Å²) in [5, 5.41) is 8.98. The lowest BCUT2D eigenvalue weighted by Gasteiger charge is -2.24. The molecular formula is C12H14F2O4. The maximum Gasteiger partial charge on any atom is 0.349 e. The first-order valence-corrected chi connectivity index (χ1v) is 5.32. The molecule has 0 spiro atoms. The van der Waals surface area contributed by atoms with Gasteiger partial charge in [0.25, 0.3) is 0 Å². The summed E-state index contributed by atoms with van der Waals surface area (Å²) in [7, 11) is 0. The van der Waals surface area contributed by atoms with Crippen molar-refractivity contribution in [2.24, 2.45) is 0 Å². The molecule has 0 aliphatic carbocycles. The van der Waals surface area contributed by atoms with E-state index in [9.17, 15) is 13.6 Å². The SMILES string of the molecule is CCOC(=O)C(C)(C)Oc1c(F)cc(O)cc1F. The molecule has 0 fully saturated rings. The Kier molecular flexibility index (Phi) is 4.11. The van der Waals surface area contributed by atoms with Crippen molar-refractivity contribution in [3.63, 3.8) is 0 Å². The quantitative estimate of drug-likeness (QED) is 0.844. The minimum absolute atomic E-state index is 0.131. The first-order valence-electron chi connectivity index (χ1n) is 5.32. The highest BCUT2D eigenvalue weighted by Crippen LogP contribution is 2.29. The lowest BCUT2D eigenvalue weighted by atomic mass is 10.1. The predicted octanol–water partition coefficient (Wildman–Crippen LogP) is 2.39. The first kappa shape index (κ1) is 14.2. The molecule has 0 aromatic heterocycles. The van der Waals surface area contributed by atoms with Crippen LogP contribution in [-0.2, 0) is 9.53 Å². The molecule has 0 radical (unpaired) electrons. The van der Waals surface area contributed by atoms with E-state index in [1.54, 1.807) is 6.92 Å². The molecule has 1 rings (SSSR count). The molecule has 1 aromatic carbocycles. The van der Waals surface area contributed by atoms with Crippen LogP contribution in [0.2, 0.25) is 0 Å². The molecule has 1 aromatic rings. The molecular weight excluding hydrogens is 246 g/mol. The van der Waals surface area contributed by atoms with Crippen LogP contribution in [0.1, 0.15) is 20.8 Å². The predicted molar refractivity (Wildman–Crippen MR) is 59.4 cm³/mol. The summed E-state index contributed by atoms with van der Waals surface area (Å²) in [5.41, 5.74) is -1.53. The van der Waals surface area contributed by atoms with Crippen LogP contribution < -0.4 is 4.74 Å². The lowest BCUT2D eigenvalue weighted by Crippen LogP contribution is -2.40. The third kappa shape index (κ3) is 3.09. The Hall–Kier alpha value is -1.85. The second-order valence-corrected chi connectivity index (χ2v) is 4.07. The summed E-state index contributed by atoms with van der Waals surface area (Å²) in [6, 6.07) is 1.39. The third-order valence-corrected chi connectivity index (χ3v) is 2.11. The molecule has 0 heterocycles. The molecule has 18 heavy (non-hydrogen) atoms. The summed E-state index contributed by atoms with van der Waals surface area (Å²) in [6.45, 7) is 4.40. The number of esters is 1. The summed E-state index contributed by atoms with van der Waals surface area (Å²) in [6.07, 6.45) is 0. The average molecular weight is 260 g/mol. The second-order valence-electron chi connectivity index (χ2n) is 4.07. The maximum atomic E-state index is 13.4. The Bertz CT molecular complexity index is 434. The van der Waals surface area contributed by atoms with Gasteiger partial charge in [0.05, 0.1) is 6.61 Å². The van der Waals surface area contributed by atoms with Crippen LogP contribution in [-0.4, -0.2) is 23.3 Å². The third-order valence-electron chi connectivity index (χ3n) is 2.11. The molecule has 0 amide bonds. The zero-order chi connectivity index (χ0) is 13.9. The number of rotatable bonds is 4. The number of phenols is 1. The van der Waals surface area contributed by atoms with Crippen molar-refractivity contribution in [1.29, 1.82) is 0 Å². The Labute approximate surface area is 103 Å². The smallest absolute Gasteiger partial charge is 0.349 e. The zero-order valence-corrected chi connectivity index (χ0v) is 10.3. The van der Waals surface area contributed by atoms with Gasteiger partial charge in [0.15, 0.2) is 23.0 Å². The number of phenolic OH excluding ortho intramolecular Hbond substituents is 1. The van der Waals surface area contributed by atoms with E-state index >= 15 is 0 Å². The molecule has 0 saturated carbocycles. The highest BCUT2D eigenvalue weighted by atomic mass is 19.1. The van der Waals surface area contributed by atoms with Crippen LogP contribution in [0.25, 0.3) is 0 Å². The number of halogens is 2. The second kappa shape index (κ2) is 5.20. The van der Waals surface area contributed by atoms with Crippen LogP contribution in [0.4, 0.5) is 8.78 Å². The summed E-state index contributed by atoms with van der Waals surface area (Å²) in [5.74, 6) is -4.22. The molecule has 6 heteroatoms. The normalized spacial score (nSPS) is 11.2. The highest BCUT2D eigenvalue weighted by Gasteiger charge is 2.33. The van der Waals surface area contributed by atoms with Crippen molar-refractivity contribution in [2.45, 2.75) is 26.4 Å². The summed E-state index contributed by atoms with van der Waals surface area (Å²) < 4.78 is 36.5. The van der Waals surface area contributed by atoms with Crippen molar-refractivity contribution in [3.8, 4) is 11.5 Å². The maximum absolute atomic E-state index is 13.4. The van der Waals surface area contributed by atoms with Crippen LogP contribution in [0.3, 0.4) is 0 Å². The first-order chi connectivity index (χ1) is 8.27. The van der Waals surface area contributed by atoms with Crippen molar-refractivity contribution in [2.75, 3.05) is 6.61 Å². The number of benzene rings is 1. The molecule has 4 nitrogen and oxygen atoms in total. The van der Waals surface area contributed by atoms with Crippen molar-refractivity contribution in [3.05, 3.63) is 23.8 Å². The van der Waals surface area contributed by atoms with Crippen molar-refractivity contribution < 1.29 is 28.2 Å². The van der Waals surface area contributed by atoms with E-state index in [1.807, 2.05) is 0 Å². The van der Waals surface area contributed by atoms with Crippen LogP contribution in [0.5, 0.6) is 11.5 Å². The number of ether oxygens (including phenoxy) is 2. The Morgan fingerprint density at radius 1 is 1.33 bits per heavy atom. The van der Waals surface area contributed by atoms with Gasteiger partial charge in [-0.1, -0.05) is 0 Å².